The highest BCUT2D eigenvalue weighted by molar-refractivity contribution is 6.31. The fraction of sp³-hybridized carbons (Fsp3) is 0.455. The summed E-state index contributed by atoms with van der Waals surface area (Å²) in [6.45, 7) is -1.31. The van der Waals surface area contributed by atoms with Gasteiger partial charge in [-0.1, -0.05) is 17.7 Å². The lowest BCUT2D eigenvalue weighted by Crippen LogP contribution is -2.36. The molecule has 0 saturated carbocycles. The lowest BCUT2D eigenvalue weighted by Gasteiger charge is -2.23. The molecule has 0 aliphatic heterocycles. The van der Waals surface area contributed by atoms with Gasteiger partial charge in [-0.15, -0.1) is 12.4 Å². The van der Waals surface area contributed by atoms with Crippen molar-refractivity contribution < 1.29 is 13.9 Å². The number of nitrogens with zero attached hydrogens (tertiary/aromatic N) is 1. The van der Waals surface area contributed by atoms with E-state index in [-0.39, 0.29) is 23.0 Å². The third-order valence-electron chi connectivity index (χ3n) is 2.50. The van der Waals surface area contributed by atoms with Gasteiger partial charge in [0.25, 0.3) is 5.92 Å². The Labute approximate surface area is 116 Å². The van der Waals surface area contributed by atoms with E-state index in [0.717, 1.165) is 5.69 Å². The minimum absolute atomic E-state index is 0. The van der Waals surface area contributed by atoms with E-state index in [0.29, 0.717) is 0 Å². The van der Waals surface area contributed by atoms with Gasteiger partial charge >= 0.3 is 0 Å². The number of aliphatic hydroxyl groups is 1. The van der Waals surface area contributed by atoms with Crippen molar-refractivity contribution >= 4 is 29.7 Å². The fourth-order valence-electron chi connectivity index (χ4n) is 1.37. The van der Waals surface area contributed by atoms with Crippen molar-refractivity contribution in [3.8, 4) is 0 Å². The topological polar surface area (TPSA) is 49.5 Å². The number of nitrogens with two attached hydrogens (primary N) is 1. The van der Waals surface area contributed by atoms with Crippen LogP contribution < -0.4 is 10.6 Å². The molecule has 0 saturated heterocycles. The molecule has 104 valence electrons. The molecule has 0 amide bonds. The van der Waals surface area contributed by atoms with Crippen LogP contribution in [0, 0.1) is 0 Å². The van der Waals surface area contributed by atoms with Crippen LogP contribution in [-0.4, -0.2) is 31.7 Å². The normalized spacial score (nSPS) is 12.8. The first-order valence-electron chi connectivity index (χ1n) is 5.00. The molecule has 3 nitrogen and oxygen atoms in total. The third-order valence-corrected chi connectivity index (χ3v) is 2.83. The van der Waals surface area contributed by atoms with E-state index in [2.05, 4.69) is 0 Å². The second kappa shape index (κ2) is 6.52. The molecule has 1 aromatic carbocycles. The van der Waals surface area contributed by atoms with Crippen molar-refractivity contribution in [1.82, 2.24) is 0 Å². The van der Waals surface area contributed by atoms with Gasteiger partial charge < -0.3 is 15.7 Å². The summed E-state index contributed by atoms with van der Waals surface area (Å²) in [4.78, 5) is 1.80. The predicted molar refractivity (Wildman–Crippen MR) is 72.0 cm³/mol. The van der Waals surface area contributed by atoms with Crippen molar-refractivity contribution in [3.63, 3.8) is 0 Å². The summed E-state index contributed by atoms with van der Waals surface area (Å²) >= 11 is 5.91. The first kappa shape index (κ1) is 17.4. The van der Waals surface area contributed by atoms with Gasteiger partial charge in [-0.2, -0.15) is 0 Å². The molecule has 0 aromatic heterocycles. The zero-order chi connectivity index (χ0) is 13.2. The van der Waals surface area contributed by atoms with Gasteiger partial charge in [-0.05, 0) is 17.7 Å². The molecule has 1 aromatic rings. The summed E-state index contributed by atoms with van der Waals surface area (Å²) in [5.41, 5.74) is 6.31. The molecule has 0 bridgehead atoms. The first-order chi connectivity index (χ1) is 7.79. The van der Waals surface area contributed by atoms with Crippen LogP contribution >= 0.6 is 24.0 Å². The summed E-state index contributed by atoms with van der Waals surface area (Å²) in [7, 11) is 3.63. The highest BCUT2D eigenvalue weighted by Crippen LogP contribution is 2.34. The number of benzene rings is 1. The Morgan fingerprint density at radius 3 is 2.39 bits per heavy atom. The Balaban J connectivity index is 0.00000289. The van der Waals surface area contributed by atoms with Gasteiger partial charge in [0.2, 0.25) is 0 Å². The zero-order valence-electron chi connectivity index (χ0n) is 10.0. The lowest BCUT2D eigenvalue weighted by molar-refractivity contribution is -0.0711. The van der Waals surface area contributed by atoms with E-state index in [1.54, 1.807) is 17.0 Å². The van der Waals surface area contributed by atoms with Crippen LogP contribution in [0.2, 0.25) is 5.02 Å². The molecule has 0 heterocycles. The molecule has 3 N–H and O–H groups in total. The van der Waals surface area contributed by atoms with Gasteiger partial charge in [-0.3, -0.25) is 0 Å². The van der Waals surface area contributed by atoms with E-state index >= 15 is 0 Å². The Morgan fingerprint density at radius 1 is 1.44 bits per heavy atom. The van der Waals surface area contributed by atoms with Crippen LogP contribution in [-0.2, 0) is 0 Å². The highest BCUT2D eigenvalue weighted by Gasteiger charge is 2.38. The molecule has 0 fully saturated rings. The maximum Gasteiger partial charge on any atom is 0.289 e. The summed E-state index contributed by atoms with van der Waals surface area (Å²) in [6, 6.07) is 3.04. The molecule has 0 aliphatic carbocycles. The summed E-state index contributed by atoms with van der Waals surface area (Å²) in [6.07, 6.45) is 0. The Morgan fingerprint density at radius 2 is 2.00 bits per heavy atom. The molecule has 0 unspecified atom stereocenters. The second-order valence-corrected chi connectivity index (χ2v) is 4.40. The van der Waals surface area contributed by atoms with Gasteiger partial charge in [0.1, 0.15) is 6.61 Å². The standard InChI is InChI=1S/C11H15ClF2N2O.ClH/c1-16(2)7-3-4-8(9(12)5-7)10(15)11(13,14)6-17;/h3-5,10,17H,6,15H2,1-2H3;1H/t10-;/m0./s1. The number of aliphatic hydroxyl groups excluding tert-OH is 1. The van der Waals surface area contributed by atoms with Gasteiger partial charge in [0.05, 0.1) is 6.04 Å². The smallest absolute Gasteiger partial charge is 0.289 e. The number of hydrogen-bond acceptors (Lipinski definition) is 3. The number of hydrogen-bond donors (Lipinski definition) is 2. The van der Waals surface area contributed by atoms with Crippen molar-refractivity contribution in [2.45, 2.75) is 12.0 Å². The van der Waals surface area contributed by atoms with Crippen molar-refractivity contribution in [2.75, 3.05) is 25.6 Å². The number of alkyl halides is 2. The third kappa shape index (κ3) is 3.68. The average Bonchev–Trinajstić information content (AvgIpc) is 2.27. The van der Waals surface area contributed by atoms with Gasteiger partial charge in [-0.25, -0.2) is 8.78 Å². The van der Waals surface area contributed by atoms with Crippen LogP contribution in [0.4, 0.5) is 14.5 Å². The predicted octanol–water partition coefficient (Wildman–Crippen LogP) is 2.46. The van der Waals surface area contributed by atoms with Gasteiger partial charge in [0, 0.05) is 24.8 Å². The molecule has 1 rings (SSSR count). The molecule has 0 aliphatic rings. The first-order valence-corrected chi connectivity index (χ1v) is 5.38. The summed E-state index contributed by atoms with van der Waals surface area (Å²) in [5.74, 6) is -3.39. The van der Waals surface area contributed by atoms with Crippen LogP contribution in [0.25, 0.3) is 0 Å². The minimum Gasteiger partial charge on any atom is -0.390 e. The Hall–Kier alpha value is -0.620. The Bertz CT molecular complexity index is 403. The second-order valence-electron chi connectivity index (χ2n) is 4.00. The van der Waals surface area contributed by atoms with Crippen molar-refractivity contribution in [3.05, 3.63) is 28.8 Å². The monoisotopic (exact) mass is 300 g/mol. The van der Waals surface area contributed by atoms with E-state index < -0.39 is 18.6 Å². The molecule has 0 radical (unpaired) electrons. The maximum atomic E-state index is 13.2. The van der Waals surface area contributed by atoms with Crippen molar-refractivity contribution in [2.24, 2.45) is 5.73 Å². The van der Waals surface area contributed by atoms with E-state index in [1.165, 1.54) is 6.07 Å². The zero-order valence-corrected chi connectivity index (χ0v) is 11.6. The van der Waals surface area contributed by atoms with E-state index in [4.69, 9.17) is 22.4 Å². The number of rotatable bonds is 4. The highest BCUT2D eigenvalue weighted by atomic mass is 35.5. The molecule has 0 spiro atoms. The van der Waals surface area contributed by atoms with Gasteiger partial charge in [0.15, 0.2) is 0 Å². The maximum absolute atomic E-state index is 13.2. The Kier molecular flexibility index (Phi) is 6.29. The SMILES string of the molecule is CN(C)c1ccc([C@H](N)C(F)(F)CO)c(Cl)c1.Cl. The van der Waals surface area contributed by atoms with E-state index in [1.807, 2.05) is 14.1 Å². The van der Waals surface area contributed by atoms with Crippen LogP contribution in [0.1, 0.15) is 11.6 Å². The number of halogens is 4. The van der Waals surface area contributed by atoms with E-state index in [9.17, 15) is 8.78 Å². The average molecular weight is 301 g/mol. The molecular formula is C11H16Cl2F2N2O. The molecule has 18 heavy (non-hydrogen) atoms. The lowest BCUT2D eigenvalue weighted by atomic mass is 10.0. The quantitative estimate of drug-likeness (QED) is 0.898. The fourth-order valence-corrected chi connectivity index (χ4v) is 1.66. The van der Waals surface area contributed by atoms with Crippen molar-refractivity contribution in [1.29, 1.82) is 0 Å². The van der Waals surface area contributed by atoms with Crippen LogP contribution in [0.15, 0.2) is 18.2 Å². The van der Waals surface area contributed by atoms with Crippen LogP contribution in [0.5, 0.6) is 0 Å². The van der Waals surface area contributed by atoms with Crippen LogP contribution in [0.3, 0.4) is 0 Å². The summed E-state index contributed by atoms with van der Waals surface area (Å²) in [5, 5.41) is 8.74. The molecular weight excluding hydrogens is 285 g/mol. The largest absolute Gasteiger partial charge is 0.390 e. The molecule has 1 atom stereocenters. The summed E-state index contributed by atoms with van der Waals surface area (Å²) < 4.78 is 26.5. The molecule has 7 heteroatoms. The minimum atomic E-state index is -3.39. The number of anilines is 1.